The Kier molecular flexibility index (Phi) is 10.7. The van der Waals surface area contributed by atoms with Crippen LogP contribution in [0.3, 0.4) is 0 Å². The number of benzene rings is 1. The van der Waals surface area contributed by atoms with E-state index in [0.29, 0.717) is 54.9 Å². The molecule has 2 saturated heterocycles. The Hall–Kier alpha value is -3.89. The molecule has 1 N–H and O–H groups in total. The third kappa shape index (κ3) is 7.90. The number of hydrogen-bond donors (Lipinski definition) is 1. The Bertz CT molecular complexity index is 1510. The van der Waals surface area contributed by atoms with Crippen LogP contribution >= 0.6 is 11.3 Å². The fourth-order valence-corrected chi connectivity index (χ4v) is 6.58. The first-order valence-corrected chi connectivity index (χ1v) is 15.7. The van der Waals surface area contributed by atoms with Gasteiger partial charge < -0.3 is 14.4 Å². The van der Waals surface area contributed by atoms with Crippen molar-refractivity contribution in [1.29, 1.82) is 0 Å². The Morgan fingerprint density at radius 1 is 1.09 bits per heavy atom. The van der Waals surface area contributed by atoms with Gasteiger partial charge in [0.1, 0.15) is 23.9 Å². The summed E-state index contributed by atoms with van der Waals surface area (Å²) in [6.45, 7) is 4.40. The molecule has 4 heterocycles. The van der Waals surface area contributed by atoms with Crippen molar-refractivity contribution >= 4 is 34.2 Å². The lowest BCUT2D eigenvalue weighted by Crippen LogP contribution is -2.37. The Morgan fingerprint density at radius 2 is 1.87 bits per heavy atom. The normalized spacial score (nSPS) is 17.7. The van der Waals surface area contributed by atoms with Gasteiger partial charge in [-0.2, -0.15) is 13.2 Å². The number of rotatable bonds is 11. The molecule has 1 aromatic carbocycles. The number of hydrogen-bond acceptors (Lipinski definition) is 11. The number of methoxy groups -OCH3 is 1. The second-order valence-electron chi connectivity index (χ2n) is 11.2. The van der Waals surface area contributed by atoms with E-state index < -0.39 is 29.5 Å². The zero-order valence-electron chi connectivity index (χ0n) is 25.3. The number of nitrogens with zero attached hydrogens (tertiary/aromatic N) is 5. The maximum atomic E-state index is 14.1. The number of anilines is 2. The maximum Gasteiger partial charge on any atom is 0.419 e. The van der Waals surface area contributed by atoms with Gasteiger partial charge in [0.25, 0.3) is 5.91 Å². The molecule has 0 bridgehead atoms. The Balaban J connectivity index is 1.35. The van der Waals surface area contributed by atoms with Crippen molar-refractivity contribution in [3.8, 4) is 17.0 Å². The highest BCUT2D eigenvalue weighted by Crippen LogP contribution is 2.41. The third-order valence-electron chi connectivity index (χ3n) is 8.16. The fourth-order valence-electron chi connectivity index (χ4n) is 5.58. The number of thiazole rings is 1. The molecule has 2 aliphatic rings. The quantitative estimate of drug-likeness (QED) is 0.207. The zero-order chi connectivity index (χ0) is 32.8. The monoisotopic (exact) mass is 666 g/mol. The van der Waals surface area contributed by atoms with Gasteiger partial charge in [0.05, 0.1) is 36.2 Å². The molecule has 11 nitrogen and oxygen atoms in total. The van der Waals surface area contributed by atoms with Crippen LogP contribution in [-0.2, 0) is 27.2 Å². The number of amides is 1. The molecular formula is C30H34F4N6O5S. The van der Waals surface area contributed by atoms with Gasteiger partial charge in [-0.05, 0) is 57.4 Å². The first kappa shape index (κ1) is 33.5. The van der Waals surface area contributed by atoms with Crippen LogP contribution in [0.5, 0.6) is 5.75 Å². The number of piperidine rings is 1. The van der Waals surface area contributed by atoms with E-state index in [2.05, 4.69) is 37.0 Å². The molecule has 1 amide bonds. The van der Waals surface area contributed by atoms with Crippen molar-refractivity contribution in [2.45, 2.75) is 51.4 Å². The van der Waals surface area contributed by atoms with Crippen molar-refractivity contribution in [1.82, 2.24) is 19.9 Å². The van der Waals surface area contributed by atoms with E-state index in [-0.39, 0.29) is 35.4 Å². The number of likely N-dealkylation sites (tertiary alicyclic amines) is 1. The van der Waals surface area contributed by atoms with Crippen LogP contribution in [-0.4, -0.2) is 77.7 Å². The second-order valence-corrected chi connectivity index (χ2v) is 12.3. The summed E-state index contributed by atoms with van der Waals surface area (Å²) in [5.41, 5.74) is -0.322. The Morgan fingerprint density at radius 3 is 2.50 bits per heavy atom. The van der Waals surface area contributed by atoms with E-state index in [4.69, 9.17) is 9.47 Å². The molecule has 16 heteroatoms. The molecule has 3 aromatic rings. The molecule has 2 aliphatic heterocycles. The van der Waals surface area contributed by atoms with Crippen LogP contribution in [0.25, 0.3) is 11.3 Å². The second kappa shape index (κ2) is 14.7. The lowest BCUT2D eigenvalue weighted by Gasteiger charge is -2.30. The van der Waals surface area contributed by atoms with Crippen molar-refractivity contribution < 1.29 is 41.7 Å². The van der Waals surface area contributed by atoms with Gasteiger partial charge in [-0.1, -0.05) is 11.3 Å². The molecule has 2 fully saturated rings. The minimum absolute atomic E-state index is 0.0167. The summed E-state index contributed by atoms with van der Waals surface area (Å²) in [7, 11) is 1.43. The molecule has 2 aromatic heterocycles. The lowest BCUT2D eigenvalue weighted by atomic mass is 9.97. The summed E-state index contributed by atoms with van der Waals surface area (Å²) >= 11 is 1.20. The zero-order valence-corrected chi connectivity index (χ0v) is 26.1. The topological polar surface area (TPSA) is 119 Å². The van der Waals surface area contributed by atoms with E-state index in [0.717, 1.165) is 25.5 Å². The average Bonchev–Trinajstić information content (AvgIpc) is 3.65. The molecule has 0 aliphatic carbocycles. The van der Waals surface area contributed by atoms with Crippen LogP contribution in [0.1, 0.15) is 53.5 Å². The fraction of sp³-hybridized carbons (Fsp3) is 0.500. The molecule has 0 radical (unpaired) electrons. The van der Waals surface area contributed by atoms with Crippen LogP contribution in [0, 0.1) is 5.92 Å². The summed E-state index contributed by atoms with van der Waals surface area (Å²) in [5.74, 6) is -1.79. The van der Waals surface area contributed by atoms with Gasteiger partial charge in [-0.25, -0.2) is 19.7 Å². The number of nitrogens with one attached hydrogen (secondary N) is 1. The first-order chi connectivity index (χ1) is 22.1. The molecule has 1 atom stereocenters. The lowest BCUT2D eigenvalue weighted by molar-refractivity contribution is -0.189. The first-order valence-electron chi connectivity index (χ1n) is 14.8. The number of carbonyl (C=O) groups excluding carboxylic acids is 2. The largest absolute Gasteiger partial charge is 0.491 e. The highest BCUT2D eigenvalue weighted by molar-refractivity contribution is 7.16. The van der Waals surface area contributed by atoms with E-state index in [1.807, 2.05) is 4.90 Å². The summed E-state index contributed by atoms with van der Waals surface area (Å²) in [6, 6.07) is 4.13. The summed E-state index contributed by atoms with van der Waals surface area (Å²) in [5, 5.41) is 2.94. The molecule has 46 heavy (non-hydrogen) atoms. The van der Waals surface area contributed by atoms with E-state index in [9.17, 15) is 27.3 Å². The predicted octanol–water partition coefficient (Wildman–Crippen LogP) is 5.52. The SMILES string of the molecule is COCCOc1ccc(-c2nc(NC(=O)c3cnc(N4CCC(C(=O)OF)CC4)cn3)sc2CN2CCCC2C)cc1C(F)(F)F. The number of halogens is 4. The molecule has 248 valence electrons. The summed E-state index contributed by atoms with van der Waals surface area (Å²) in [4.78, 5) is 45.9. The Labute approximate surface area is 266 Å². The highest BCUT2D eigenvalue weighted by Gasteiger charge is 2.35. The third-order valence-corrected chi connectivity index (χ3v) is 9.11. The molecule has 5 rings (SSSR count). The molecular weight excluding hydrogens is 632 g/mol. The molecule has 0 spiro atoms. The summed E-state index contributed by atoms with van der Waals surface area (Å²) < 4.78 is 64.7. The minimum Gasteiger partial charge on any atom is -0.491 e. The molecule has 1 unspecified atom stereocenters. The van der Waals surface area contributed by atoms with Crippen LogP contribution in [0.4, 0.5) is 28.6 Å². The number of carbonyl (C=O) groups is 2. The van der Waals surface area contributed by atoms with Crippen molar-refractivity contribution in [2.24, 2.45) is 5.92 Å². The van der Waals surface area contributed by atoms with Crippen LogP contribution in [0.2, 0.25) is 0 Å². The maximum absolute atomic E-state index is 14.1. The van der Waals surface area contributed by atoms with Crippen molar-refractivity contribution in [3.63, 3.8) is 0 Å². The van der Waals surface area contributed by atoms with Gasteiger partial charge in [-0.15, -0.1) is 0 Å². The number of alkyl halides is 3. The number of ether oxygens (including phenoxy) is 2. The van der Waals surface area contributed by atoms with Gasteiger partial charge in [0.15, 0.2) is 5.13 Å². The van der Waals surface area contributed by atoms with E-state index >= 15 is 0 Å². The summed E-state index contributed by atoms with van der Waals surface area (Å²) in [6.07, 6.45) is 0.895. The predicted molar refractivity (Wildman–Crippen MR) is 161 cm³/mol. The highest BCUT2D eigenvalue weighted by atomic mass is 32.1. The van der Waals surface area contributed by atoms with Gasteiger partial charge in [-0.3, -0.25) is 20.0 Å². The molecule has 0 saturated carbocycles. The van der Waals surface area contributed by atoms with Gasteiger partial charge >= 0.3 is 12.1 Å². The van der Waals surface area contributed by atoms with Crippen molar-refractivity contribution in [2.75, 3.05) is 50.2 Å². The van der Waals surface area contributed by atoms with Crippen LogP contribution < -0.4 is 15.0 Å². The average molecular weight is 667 g/mol. The van der Waals surface area contributed by atoms with E-state index in [1.165, 1.54) is 43.0 Å². The van der Waals surface area contributed by atoms with Gasteiger partial charge in [0, 0.05) is 47.8 Å². The smallest absolute Gasteiger partial charge is 0.419 e. The van der Waals surface area contributed by atoms with Crippen LogP contribution in [0.15, 0.2) is 30.6 Å². The minimum atomic E-state index is -4.67. The standard InChI is InChI=1S/C30H34F4N6O5S/c1-18-4-3-9-40(18)17-24-26(20-5-6-23(44-13-12-43-2)21(14-20)30(31,32)33)37-29(46-24)38-27(41)22-15-36-25(16-35-22)39-10-7-19(8-11-39)28(42)45-34/h5-6,14-16,18-19H,3-4,7-13,17H2,1-2H3,(H,37,38,41). The van der Waals surface area contributed by atoms with Gasteiger partial charge in [0.2, 0.25) is 0 Å². The van der Waals surface area contributed by atoms with Crippen molar-refractivity contribution in [3.05, 3.63) is 46.7 Å². The number of aromatic nitrogens is 3. The van der Waals surface area contributed by atoms with E-state index in [1.54, 1.807) is 0 Å².